The summed E-state index contributed by atoms with van der Waals surface area (Å²) in [5.74, 6) is -3.46. The fraction of sp³-hybridized carbons (Fsp3) is 0.286. The van der Waals surface area contributed by atoms with E-state index in [0.717, 1.165) is 18.2 Å². The van der Waals surface area contributed by atoms with Gasteiger partial charge in [-0.05, 0) is 5.56 Å². The quantitative estimate of drug-likeness (QED) is 0.294. The molecule has 28 heavy (non-hydrogen) atoms. The van der Waals surface area contributed by atoms with Gasteiger partial charge in [-0.1, -0.05) is 48.6 Å². The Labute approximate surface area is 155 Å². The Morgan fingerprint density at radius 3 is 1.71 bits per heavy atom. The third-order valence-electron chi connectivity index (χ3n) is 3.34. The largest absolute Gasteiger partial charge is 0.523 e. The van der Waals surface area contributed by atoms with Crippen LogP contribution >= 0.6 is 0 Å². The van der Waals surface area contributed by atoms with Crippen molar-refractivity contribution in [2.75, 3.05) is 0 Å². The van der Waals surface area contributed by atoms with Crippen molar-refractivity contribution in [3.8, 4) is 0 Å². The second-order valence-electron chi connectivity index (χ2n) is 5.30. The number of benzene rings is 1. The Kier molecular flexibility index (Phi) is 5.73. The van der Waals surface area contributed by atoms with E-state index < -0.39 is 49.0 Å². The molecular formula is C14H10F6O6S2. The number of halogens is 6. The molecule has 0 spiro atoms. The van der Waals surface area contributed by atoms with Crippen molar-refractivity contribution in [1.82, 2.24) is 0 Å². The van der Waals surface area contributed by atoms with Crippen LogP contribution in [0.5, 0.6) is 0 Å². The molecular weight excluding hydrogens is 442 g/mol. The van der Waals surface area contributed by atoms with Crippen LogP contribution in [0.3, 0.4) is 0 Å². The SMILES string of the molecule is O=S(=O)(OC1(OS(=O)(=O)C(F)(F)F)CC=CC=C1c1ccccc1)C(F)(F)F. The van der Waals surface area contributed by atoms with Crippen molar-refractivity contribution < 1.29 is 51.5 Å². The molecule has 0 aromatic heterocycles. The first-order valence-electron chi connectivity index (χ1n) is 7.08. The Balaban J connectivity index is 2.69. The number of allylic oxidation sites excluding steroid dienone is 2. The van der Waals surface area contributed by atoms with Crippen molar-refractivity contribution in [2.24, 2.45) is 0 Å². The summed E-state index contributed by atoms with van der Waals surface area (Å²) < 4.78 is 131. The van der Waals surface area contributed by atoms with E-state index in [4.69, 9.17) is 0 Å². The number of hydrogen-bond acceptors (Lipinski definition) is 6. The van der Waals surface area contributed by atoms with E-state index in [1.807, 2.05) is 0 Å². The van der Waals surface area contributed by atoms with Gasteiger partial charge in [0.05, 0.1) is 0 Å². The van der Waals surface area contributed by atoms with Crippen LogP contribution in [-0.2, 0) is 28.6 Å². The van der Waals surface area contributed by atoms with E-state index in [-0.39, 0.29) is 5.56 Å². The zero-order chi connectivity index (χ0) is 21.4. The molecule has 0 amide bonds. The second-order valence-corrected chi connectivity index (χ2v) is 8.37. The molecule has 0 aliphatic heterocycles. The lowest BCUT2D eigenvalue weighted by Gasteiger charge is -2.35. The van der Waals surface area contributed by atoms with Gasteiger partial charge in [0.25, 0.3) is 0 Å². The number of hydrogen-bond donors (Lipinski definition) is 0. The predicted molar refractivity (Wildman–Crippen MR) is 83.0 cm³/mol. The maximum absolute atomic E-state index is 12.8. The summed E-state index contributed by atoms with van der Waals surface area (Å²) in [4.78, 5) is 0. The normalized spacial score (nSPS) is 18.0. The highest BCUT2D eigenvalue weighted by molar-refractivity contribution is 7.88. The predicted octanol–water partition coefficient (Wildman–Crippen LogP) is 3.46. The fourth-order valence-corrected chi connectivity index (χ4v) is 3.50. The summed E-state index contributed by atoms with van der Waals surface area (Å²) in [6.45, 7) is 0. The third kappa shape index (κ3) is 4.39. The first kappa shape index (κ1) is 22.4. The molecule has 2 rings (SSSR count). The van der Waals surface area contributed by atoms with Crippen LogP contribution in [0.1, 0.15) is 12.0 Å². The lowest BCUT2D eigenvalue weighted by molar-refractivity contribution is -0.110. The summed E-state index contributed by atoms with van der Waals surface area (Å²) >= 11 is 0. The highest BCUT2D eigenvalue weighted by Crippen LogP contribution is 2.44. The topological polar surface area (TPSA) is 86.7 Å². The first-order chi connectivity index (χ1) is 12.6. The molecule has 0 bridgehead atoms. The van der Waals surface area contributed by atoms with Crippen LogP contribution in [-0.4, -0.2) is 33.6 Å². The molecule has 0 atom stereocenters. The first-order valence-corrected chi connectivity index (χ1v) is 9.89. The lowest BCUT2D eigenvalue weighted by atomic mass is 9.91. The molecule has 14 heteroatoms. The minimum absolute atomic E-state index is 0.124. The lowest BCUT2D eigenvalue weighted by Crippen LogP contribution is -2.46. The average Bonchev–Trinajstić information content (AvgIpc) is 2.53. The van der Waals surface area contributed by atoms with Gasteiger partial charge >= 0.3 is 31.3 Å². The second kappa shape index (κ2) is 7.17. The monoisotopic (exact) mass is 452 g/mol. The molecule has 0 heterocycles. The van der Waals surface area contributed by atoms with Gasteiger partial charge in [-0.15, -0.1) is 0 Å². The highest BCUT2D eigenvalue weighted by atomic mass is 32.2. The van der Waals surface area contributed by atoms with E-state index in [1.165, 1.54) is 30.3 Å². The maximum Gasteiger partial charge on any atom is 0.523 e. The molecule has 1 aromatic carbocycles. The molecule has 0 N–H and O–H groups in total. The summed E-state index contributed by atoms with van der Waals surface area (Å²) in [5, 5.41) is 0. The van der Waals surface area contributed by atoms with Gasteiger partial charge in [0.15, 0.2) is 0 Å². The summed E-state index contributed by atoms with van der Waals surface area (Å²) in [6.07, 6.45) is 1.87. The molecule has 1 aromatic rings. The van der Waals surface area contributed by atoms with E-state index in [0.29, 0.717) is 0 Å². The van der Waals surface area contributed by atoms with Crippen molar-refractivity contribution in [3.63, 3.8) is 0 Å². The number of rotatable bonds is 5. The Hall–Kier alpha value is -1.90. The van der Waals surface area contributed by atoms with Crippen molar-refractivity contribution >= 4 is 25.8 Å². The summed E-state index contributed by atoms with van der Waals surface area (Å²) in [5.41, 5.74) is -12.9. The smallest absolute Gasteiger partial charge is 0.222 e. The Morgan fingerprint density at radius 2 is 1.29 bits per heavy atom. The molecule has 0 fully saturated rings. The molecule has 0 unspecified atom stereocenters. The summed E-state index contributed by atoms with van der Waals surface area (Å²) in [7, 11) is -13.1. The van der Waals surface area contributed by atoms with Gasteiger partial charge < -0.3 is 0 Å². The Morgan fingerprint density at radius 1 is 0.821 bits per heavy atom. The van der Waals surface area contributed by atoms with Gasteiger partial charge in [-0.2, -0.15) is 43.2 Å². The zero-order valence-electron chi connectivity index (χ0n) is 13.4. The molecule has 0 saturated heterocycles. The third-order valence-corrected chi connectivity index (χ3v) is 5.45. The van der Waals surface area contributed by atoms with Gasteiger partial charge in [0, 0.05) is 12.0 Å². The van der Waals surface area contributed by atoms with E-state index in [2.05, 4.69) is 8.37 Å². The van der Waals surface area contributed by atoms with E-state index >= 15 is 0 Å². The minimum atomic E-state index is -6.55. The molecule has 0 saturated carbocycles. The summed E-state index contributed by atoms with van der Waals surface area (Å²) in [6, 6.07) is 6.48. The molecule has 1 aliphatic rings. The van der Waals surface area contributed by atoms with E-state index in [9.17, 15) is 43.2 Å². The average molecular weight is 452 g/mol. The Bertz CT molecular complexity index is 945. The van der Waals surface area contributed by atoms with Gasteiger partial charge in [0.2, 0.25) is 5.79 Å². The highest BCUT2D eigenvalue weighted by Gasteiger charge is 2.59. The van der Waals surface area contributed by atoms with Gasteiger partial charge in [-0.3, -0.25) is 0 Å². The molecule has 6 nitrogen and oxygen atoms in total. The number of alkyl halides is 6. The van der Waals surface area contributed by atoms with Crippen LogP contribution < -0.4 is 0 Å². The van der Waals surface area contributed by atoms with Crippen molar-refractivity contribution in [3.05, 3.63) is 54.1 Å². The van der Waals surface area contributed by atoms with Gasteiger partial charge in [-0.25, -0.2) is 8.37 Å². The zero-order valence-corrected chi connectivity index (χ0v) is 15.0. The maximum atomic E-state index is 12.8. The van der Waals surface area contributed by atoms with Crippen LogP contribution in [0.15, 0.2) is 48.6 Å². The minimum Gasteiger partial charge on any atom is -0.222 e. The standard InChI is InChI=1S/C14H10F6O6S2/c15-13(16,17)27(21,22)25-12(26-28(23,24)14(18,19)20)9-5-4-8-11(12)10-6-2-1-3-7-10/h1-8H,9H2. The van der Waals surface area contributed by atoms with Crippen LogP contribution in [0.25, 0.3) is 5.57 Å². The van der Waals surface area contributed by atoms with Gasteiger partial charge in [0.1, 0.15) is 0 Å². The van der Waals surface area contributed by atoms with Crippen LogP contribution in [0.4, 0.5) is 26.3 Å². The van der Waals surface area contributed by atoms with Crippen molar-refractivity contribution in [2.45, 2.75) is 23.2 Å². The fourth-order valence-electron chi connectivity index (χ4n) is 2.18. The van der Waals surface area contributed by atoms with E-state index in [1.54, 1.807) is 0 Å². The van der Waals surface area contributed by atoms with Crippen LogP contribution in [0.2, 0.25) is 0 Å². The molecule has 1 aliphatic carbocycles. The molecule has 156 valence electrons. The van der Waals surface area contributed by atoms with Crippen molar-refractivity contribution in [1.29, 1.82) is 0 Å². The van der Waals surface area contributed by atoms with Crippen LogP contribution in [0, 0.1) is 0 Å². The molecule has 0 radical (unpaired) electrons.